The maximum absolute atomic E-state index is 13.7. The second kappa shape index (κ2) is 6.52. The Bertz CT molecular complexity index is 1260. The van der Waals surface area contributed by atoms with Gasteiger partial charge in [-0.25, -0.2) is 9.97 Å². The van der Waals surface area contributed by atoms with Gasteiger partial charge in [0.05, 0.1) is 29.1 Å². The summed E-state index contributed by atoms with van der Waals surface area (Å²) in [6.45, 7) is 2.63. The van der Waals surface area contributed by atoms with Gasteiger partial charge in [0, 0.05) is 30.0 Å². The minimum atomic E-state index is -0.354. The van der Waals surface area contributed by atoms with Crippen molar-refractivity contribution >= 4 is 16.7 Å². The van der Waals surface area contributed by atoms with Crippen molar-refractivity contribution in [1.29, 1.82) is 0 Å². The number of hydrogen-bond acceptors (Lipinski definition) is 5. The molecule has 1 amide bonds. The van der Waals surface area contributed by atoms with Crippen LogP contribution in [0.2, 0.25) is 0 Å². The average molecular weight is 399 g/mol. The third-order valence-electron chi connectivity index (χ3n) is 6.17. The van der Waals surface area contributed by atoms with Crippen LogP contribution in [0.25, 0.3) is 10.8 Å². The van der Waals surface area contributed by atoms with Crippen molar-refractivity contribution in [2.45, 2.75) is 37.6 Å². The van der Waals surface area contributed by atoms with Crippen LogP contribution in [-0.4, -0.2) is 37.3 Å². The molecule has 30 heavy (non-hydrogen) atoms. The summed E-state index contributed by atoms with van der Waals surface area (Å²) in [5, 5.41) is 2.16. The molecule has 2 atom stereocenters. The number of benzene rings is 1. The van der Waals surface area contributed by atoms with E-state index in [0.717, 1.165) is 46.4 Å². The van der Waals surface area contributed by atoms with Crippen LogP contribution in [-0.2, 0) is 0 Å². The number of pyridine rings is 1. The SMILES string of the molecule is C[C@@H]1CN(C(=O)c2ocnc2C2CC2)[C@@H](c2cc3ccccc3cn2)c2[nH]cnc21. The van der Waals surface area contributed by atoms with Crippen molar-refractivity contribution in [2.24, 2.45) is 0 Å². The number of imidazole rings is 1. The van der Waals surface area contributed by atoms with Crippen molar-refractivity contribution in [3.05, 3.63) is 77.8 Å². The Morgan fingerprint density at radius 3 is 2.80 bits per heavy atom. The lowest BCUT2D eigenvalue weighted by Crippen LogP contribution is -2.42. The zero-order valence-corrected chi connectivity index (χ0v) is 16.6. The summed E-state index contributed by atoms with van der Waals surface area (Å²) in [6, 6.07) is 9.81. The molecular formula is C23H21N5O2. The van der Waals surface area contributed by atoms with E-state index in [1.54, 1.807) is 6.33 Å². The van der Waals surface area contributed by atoms with E-state index in [4.69, 9.17) is 9.40 Å². The summed E-state index contributed by atoms with van der Waals surface area (Å²) in [5.41, 5.74) is 3.50. The summed E-state index contributed by atoms with van der Waals surface area (Å²) in [4.78, 5) is 32.4. The van der Waals surface area contributed by atoms with Crippen LogP contribution < -0.4 is 0 Å². The number of amides is 1. The van der Waals surface area contributed by atoms with Gasteiger partial charge in [0.15, 0.2) is 6.39 Å². The normalized spacial score (nSPS) is 21.0. The Morgan fingerprint density at radius 1 is 1.13 bits per heavy atom. The number of rotatable bonds is 3. The number of aromatic nitrogens is 4. The van der Waals surface area contributed by atoms with Gasteiger partial charge in [-0.2, -0.15) is 0 Å². The molecule has 0 bridgehead atoms. The molecule has 2 aliphatic rings. The number of H-pyrrole nitrogens is 1. The van der Waals surface area contributed by atoms with Gasteiger partial charge in [-0.15, -0.1) is 0 Å². The topological polar surface area (TPSA) is 87.9 Å². The van der Waals surface area contributed by atoms with Crippen LogP contribution in [0.4, 0.5) is 0 Å². The number of carbonyl (C=O) groups excluding carboxylic acids is 1. The van der Waals surface area contributed by atoms with Gasteiger partial charge in [-0.3, -0.25) is 9.78 Å². The van der Waals surface area contributed by atoms with E-state index in [1.165, 1.54) is 6.39 Å². The van der Waals surface area contributed by atoms with Crippen molar-refractivity contribution in [2.75, 3.05) is 6.54 Å². The largest absolute Gasteiger partial charge is 0.438 e. The predicted octanol–water partition coefficient (Wildman–Crippen LogP) is 4.17. The standard InChI is InChI=1S/C23H21N5O2/c1-13-10-28(23(29)22-19(14-6-7-14)27-12-30-22)21(20-18(13)25-11-26-20)17-8-15-4-2-3-5-16(15)9-24-17/h2-5,8-9,11-14,21H,6-7,10H2,1H3,(H,25,26)/t13-,21+/m1/s1. The average Bonchev–Trinajstić information content (AvgIpc) is 3.28. The zero-order valence-electron chi connectivity index (χ0n) is 16.6. The van der Waals surface area contributed by atoms with E-state index in [2.05, 4.69) is 34.0 Å². The lowest BCUT2D eigenvalue weighted by atomic mass is 9.92. The van der Waals surface area contributed by atoms with E-state index in [1.807, 2.05) is 29.3 Å². The van der Waals surface area contributed by atoms with E-state index < -0.39 is 0 Å². The Morgan fingerprint density at radius 2 is 1.97 bits per heavy atom. The molecule has 0 saturated heterocycles. The van der Waals surface area contributed by atoms with Gasteiger partial charge >= 0.3 is 0 Å². The maximum atomic E-state index is 13.7. The zero-order chi connectivity index (χ0) is 20.2. The Balaban J connectivity index is 1.48. The highest BCUT2D eigenvalue weighted by atomic mass is 16.3. The molecule has 0 radical (unpaired) electrons. The molecule has 1 aromatic carbocycles. The number of carbonyl (C=O) groups is 1. The minimum absolute atomic E-state index is 0.110. The van der Waals surface area contributed by atoms with E-state index in [-0.39, 0.29) is 17.9 Å². The number of aromatic amines is 1. The van der Waals surface area contributed by atoms with Crippen LogP contribution in [0.3, 0.4) is 0 Å². The number of nitrogens with one attached hydrogen (secondary N) is 1. The fourth-order valence-electron chi connectivity index (χ4n) is 4.52. The number of fused-ring (bicyclic) bond motifs is 2. The van der Waals surface area contributed by atoms with E-state index in [0.29, 0.717) is 18.2 Å². The molecule has 4 aromatic rings. The van der Waals surface area contributed by atoms with Gasteiger partial charge < -0.3 is 14.3 Å². The molecule has 0 unspecified atom stereocenters. The Labute approximate surface area is 173 Å². The van der Waals surface area contributed by atoms with E-state index in [9.17, 15) is 4.79 Å². The number of oxazole rings is 1. The molecular weight excluding hydrogens is 378 g/mol. The first-order valence-corrected chi connectivity index (χ1v) is 10.3. The second-order valence-electron chi connectivity index (χ2n) is 8.26. The lowest BCUT2D eigenvalue weighted by molar-refractivity contribution is 0.0635. The minimum Gasteiger partial charge on any atom is -0.438 e. The maximum Gasteiger partial charge on any atom is 0.292 e. The summed E-state index contributed by atoms with van der Waals surface area (Å²) in [5.74, 6) is 0.670. The lowest BCUT2D eigenvalue weighted by Gasteiger charge is -2.37. The highest BCUT2D eigenvalue weighted by Gasteiger charge is 2.41. The first kappa shape index (κ1) is 17.4. The van der Waals surface area contributed by atoms with Gasteiger partial charge in [-0.1, -0.05) is 31.2 Å². The van der Waals surface area contributed by atoms with Crippen LogP contribution >= 0.6 is 0 Å². The van der Waals surface area contributed by atoms with Crippen molar-refractivity contribution in [3.63, 3.8) is 0 Å². The van der Waals surface area contributed by atoms with Crippen LogP contribution in [0.15, 0.2) is 53.7 Å². The molecule has 0 spiro atoms. The molecule has 4 heterocycles. The van der Waals surface area contributed by atoms with Crippen molar-refractivity contribution < 1.29 is 9.21 Å². The van der Waals surface area contributed by atoms with E-state index >= 15 is 0 Å². The third-order valence-corrected chi connectivity index (χ3v) is 6.17. The van der Waals surface area contributed by atoms with Crippen LogP contribution in [0, 0.1) is 0 Å². The first-order valence-electron chi connectivity index (χ1n) is 10.3. The van der Waals surface area contributed by atoms with Gasteiger partial charge in [-0.05, 0) is 24.3 Å². The molecule has 1 fully saturated rings. The molecule has 1 aliphatic carbocycles. The van der Waals surface area contributed by atoms with Gasteiger partial charge in [0.1, 0.15) is 6.04 Å². The Hall–Kier alpha value is -3.48. The van der Waals surface area contributed by atoms with Crippen molar-refractivity contribution in [3.8, 4) is 0 Å². The molecule has 1 aliphatic heterocycles. The number of hydrogen-bond donors (Lipinski definition) is 1. The molecule has 1 N–H and O–H groups in total. The fourth-order valence-corrected chi connectivity index (χ4v) is 4.52. The van der Waals surface area contributed by atoms with Crippen molar-refractivity contribution in [1.82, 2.24) is 24.8 Å². The first-order chi connectivity index (χ1) is 14.7. The molecule has 7 nitrogen and oxygen atoms in total. The predicted molar refractivity (Wildman–Crippen MR) is 110 cm³/mol. The summed E-state index contributed by atoms with van der Waals surface area (Å²) in [7, 11) is 0. The highest BCUT2D eigenvalue weighted by Crippen LogP contribution is 2.43. The van der Waals surface area contributed by atoms with Crippen LogP contribution in [0.5, 0.6) is 0 Å². The molecule has 7 heteroatoms. The van der Waals surface area contributed by atoms with Gasteiger partial charge in [0.25, 0.3) is 5.91 Å². The highest BCUT2D eigenvalue weighted by molar-refractivity contribution is 5.93. The second-order valence-corrected chi connectivity index (χ2v) is 8.26. The quantitative estimate of drug-likeness (QED) is 0.559. The summed E-state index contributed by atoms with van der Waals surface area (Å²) >= 11 is 0. The molecule has 1 saturated carbocycles. The summed E-state index contributed by atoms with van der Waals surface area (Å²) in [6.07, 6.45) is 7.07. The smallest absolute Gasteiger partial charge is 0.292 e. The fraction of sp³-hybridized carbons (Fsp3) is 0.304. The third kappa shape index (κ3) is 2.65. The number of nitrogens with zero attached hydrogens (tertiary/aromatic N) is 4. The molecule has 3 aromatic heterocycles. The molecule has 6 rings (SSSR count). The Kier molecular flexibility index (Phi) is 3.78. The molecule has 150 valence electrons. The summed E-state index contributed by atoms with van der Waals surface area (Å²) < 4.78 is 5.59. The monoisotopic (exact) mass is 399 g/mol. The van der Waals surface area contributed by atoms with Crippen LogP contribution in [0.1, 0.15) is 71.0 Å². The van der Waals surface area contributed by atoms with Gasteiger partial charge in [0.2, 0.25) is 5.76 Å².